The topological polar surface area (TPSA) is 112 Å². The molecular weight excluding hydrogens is 426 g/mol. The number of aryl methyl sites for hydroxylation is 1. The number of likely N-dealkylation sites (N-methyl/N-ethyl adjacent to an activating group) is 1. The first-order valence-corrected chi connectivity index (χ1v) is 10.5. The van der Waals surface area contributed by atoms with Crippen molar-refractivity contribution >= 4 is 23.4 Å². The van der Waals surface area contributed by atoms with Crippen LogP contribution >= 0.6 is 0 Å². The minimum Gasteiger partial charge on any atom is -0.507 e. The molecule has 9 heteroatoms. The molecule has 9 nitrogen and oxygen atoms in total. The van der Waals surface area contributed by atoms with E-state index in [1.165, 1.54) is 19.1 Å². The van der Waals surface area contributed by atoms with Crippen LogP contribution in [-0.2, 0) is 14.3 Å². The van der Waals surface area contributed by atoms with E-state index in [9.17, 15) is 19.5 Å². The molecule has 0 saturated carbocycles. The van der Waals surface area contributed by atoms with E-state index in [1.54, 1.807) is 38.1 Å². The molecule has 33 heavy (non-hydrogen) atoms. The number of para-hydroxylation sites is 1. The van der Waals surface area contributed by atoms with Crippen molar-refractivity contribution in [1.82, 2.24) is 14.8 Å². The van der Waals surface area contributed by atoms with Crippen molar-refractivity contribution in [3.63, 3.8) is 0 Å². The van der Waals surface area contributed by atoms with Crippen LogP contribution in [0.15, 0.2) is 29.8 Å². The first-order chi connectivity index (χ1) is 15.6. The largest absolute Gasteiger partial charge is 0.507 e. The van der Waals surface area contributed by atoms with Crippen molar-refractivity contribution < 1.29 is 29.0 Å². The monoisotopic (exact) mass is 455 g/mol. The third kappa shape index (κ3) is 4.23. The Morgan fingerprint density at radius 3 is 2.45 bits per heavy atom. The summed E-state index contributed by atoms with van der Waals surface area (Å²) < 4.78 is 10.3. The fourth-order valence-corrected chi connectivity index (χ4v) is 4.18. The number of ketones is 1. The van der Waals surface area contributed by atoms with Gasteiger partial charge in [-0.2, -0.15) is 0 Å². The summed E-state index contributed by atoms with van der Waals surface area (Å²) in [6, 6.07) is 6.23. The number of aliphatic hydroxyl groups is 1. The minimum absolute atomic E-state index is 0.0510. The number of nitrogens with zero attached hydrogens (tertiary/aromatic N) is 2. The third-order valence-electron chi connectivity index (χ3n) is 5.83. The summed E-state index contributed by atoms with van der Waals surface area (Å²) in [5.41, 5.74) is 1.90. The number of benzene rings is 1. The van der Waals surface area contributed by atoms with Crippen molar-refractivity contribution in [2.45, 2.75) is 19.9 Å². The number of carbonyl (C=O) groups is 3. The number of aliphatic hydroxyl groups excluding tert-OH is 1. The van der Waals surface area contributed by atoms with Crippen LogP contribution in [0.4, 0.5) is 0 Å². The van der Waals surface area contributed by atoms with Crippen LogP contribution in [0, 0.1) is 13.8 Å². The van der Waals surface area contributed by atoms with Crippen molar-refractivity contribution in [3.05, 3.63) is 57.9 Å². The van der Waals surface area contributed by atoms with Crippen LogP contribution in [0.25, 0.3) is 5.76 Å². The van der Waals surface area contributed by atoms with Crippen molar-refractivity contribution in [2.24, 2.45) is 0 Å². The number of likely N-dealkylation sites (tertiary alicyclic amines) is 1. The number of rotatable bonds is 7. The highest BCUT2D eigenvalue weighted by Gasteiger charge is 2.47. The highest BCUT2D eigenvalue weighted by Crippen LogP contribution is 2.43. The lowest BCUT2D eigenvalue weighted by Crippen LogP contribution is -2.35. The molecule has 1 fully saturated rings. The Balaban J connectivity index is 2.26. The maximum Gasteiger partial charge on any atom is 0.354 e. The molecule has 1 aliphatic rings. The van der Waals surface area contributed by atoms with Gasteiger partial charge in [-0.1, -0.05) is 18.2 Å². The highest BCUT2D eigenvalue weighted by atomic mass is 16.5. The number of esters is 1. The Labute approximate surface area is 192 Å². The standard InChI is InChI=1S/C24H29N3O6/c1-13-17(14(2)25-19(13)24(31)33-6)21(28)18-20(15-9-7-8-10-16(15)32-5)27(12-11-26(3)4)23(30)22(18)29/h7-10,20,25,28H,11-12H2,1-6H3/t20-/m0/s1. The van der Waals surface area contributed by atoms with Gasteiger partial charge in [0, 0.05) is 29.9 Å². The number of hydrogen-bond donors (Lipinski definition) is 2. The molecular formula is C24H29N3O6. The second kappa shape index (κ2) is 9.50. The summed E-state index contributed by atoms with van der Waals surface area (Å²) in [6.07, 6.45) is 0. The van der Waals surface area contributed by atoms with Crippen LogP contribution in [0.2, 0.25) is 0 Å². The molecule has 0 unspecified atom stereocenters. The van der Waals surface area contributed by atoms with Crippen molar-refractivity contribution in [1.29, 1.82) is 0 Å². The van der Waals surface area contributed by atoms with Gasteiger partial charge in [0.2, 0.25) is 0 Å². The first kappa shape index (κ1) is 24.1. The molecule has 1 aromatic heterocycles. The Bertz CT molecular complexity index is 1130. The molecule has 0 aliphatic carbocycles. The lowest BCUT2D eigenvalue weighted by Gasteiger charge is -2.27. The molecule has 2 N–H and O–H groups in total. The molecule has 1 aromatic carbocycles. The van der Waals surface area contributed by atoms with Gasteiger partial charge in [-0.3, -0.25) is 9.59 Å². The highest BCUT2D eigenvalue weighted by molar-refractivity contribution is 6.46. The van der Waals surface area contributed by atoms with E-state index in [2.05, 4.69) is 4.98 Å². The fraction of sp³-hybridized carbons (Fsp3) is 0.375. The van der Waals surface area contributed by atoms with Crippen molar-refractivity contribution in [2.75, 3.05) is 41.4 Å². The van der Waals surface area contributed by atoms with E-state index in [4.69, 9.17) is 9.47 Å². The number of methoxy groups -OCH3 is 2. The summed E-state index contributed by atoms with van der Waals surface area (Å²) in [4.78, 5) is 44.7. The quantitative estimate of drug-likeness (QED) is 0.285. The number of hydrogen-bond acceptors (Lipinski definition) is 7. The summed E-state index contributed by atoms with van der Waals surface area (Å²) >= 11 is 0. The van der Waals surface area contributed by atoms with Crippen LogP contribution in [0.5, 0.6) is 5.75 Å². The lowest BCUT2D eigenvalue weighted by atomic mass is 9.93. The van der Waals surface area contributed by atoms with Gasteiger partial charge in [-0.25, -0.2) is 4.79 Å². The average Bonchev–Trinajstić information content (AvgIpc) is 3.23. The van der Waals surface area contributed by atoms with Gasteiger partial charge in [-0.15, -0.1) is 0 Å². The first-order valence-electron chi connectivity index (χ1n) is 10.5. The zero-order valence-corrected chi connectivity index (χ0v) is 19.7. The Kier molecular flexibility index (Phi) is 6.92. The average molecular weight is 456 g/mol. The predicted molar refractivity (Wildman–Crippen MR) is 122 cm³/mol. The molecule has 176 valence electrons. The second-order valence-corrected chi connectivity index (χ2v) is 8.15. The molecule has 0 radical (unpaired) electrons. The smallest absolute Gasteiger partial charge is 0.354 e. The molecule has 2 heterocycles. The van der Waals surface area contributed by atoms with Gasteiger partial charge in [0.25, 0.3) is 11.7 Å². The van der Waals surface area contributed by atoms with E-state index in [0.29, 0.717) is 34.7 Å². The zero-order valence-electron chi connectivity index (χ0n) is 19.7. The van der Waals surface area contributed by atoms with E-state index in [1.807, 2.05) is 19.0 Å². The van der Waals surface area contributed by atoms with Crippen LogP contribution in [0.3, 0.4) is 0 Å². The Hall–Kier alpha value is -3.59. The summed E-state index contributed by atoms with van der Waals surface area (Å²) in [5.74, 6) is -1.95. The number of nitrogens with one attached hydrogen (secondary N) is 1. The second-order valence-electron chi connectivity index (χ2n) is 8.15. The zero-order chi connectivity index (χ0) is 24.4. The van der Waals surface area contributed by atoms with Crippen LogP contribution in [0.1, 0.15) is 38.9 Å². The summed E-state index contributed by atoms with van der Waals surface area (Å²) in [7, 11) is 6.51. The number of aromatic nitrogens is 1. The van der Waals surface area contributed by atoms with Crippen LogP contribution in [-0.4, -0.2) is 79.0 Å². The maximum absolute atomic E-state index is 13.2. The molecule has 3 rings (SSSR count). The molecule has 2 aromatic rings. The van der Waals surface area contributed by atoms with Crippen molar-refractivity contribution in [3.8, 4) is 5.75 Å². The van der Waals surface area contributed by atoms with Gasteiger partial charge in [0.05, 0.1) is 25.8 Å². The molecule has 1 atom stereocenters. The molecule has 1 saturated heterocycles. The van der Waals surface area contributed by atoms with Gasteiger partial charge >= 0.3 is 5.97 Å². The van der Waals surface area contributed by atoms with E-state index in [-0.39, 0.29) is 23.6 Å². The molecule has 1 aliphatic heterocycles. The molecule has 1 amide bonds. The van der Waals surface area contributed by atoms with Gasteiger partial charge in [-0.05, 0) is 39.6 Å². The summed E-state index contributed by atoms with van der Waals surface area (Å²) in [5, 5.41) is 11.4. The minimum atomic E-state index is -0.851. The SMILES string of the molecule is COC(=O)c1[nH]c(C)c(C(O)=C2C(=O)C(=O)N(CCN(C)C)[C@H]2c2ccccc2OC)c1C. The normalized spacial score (nSPS) is 17.7. The number of aromatic amines is 1. The fourth-order valence-electron chi connectivity index (χ4n) is 4.18. The summed E-state index contributed by atoms with van der Waals surface area (Å²) in [6.45, 7) is 4.11. The lowest BCUT2D eigenvalue weighted by molar-refractivity contribution is -0.140. The van der Waals surface area contributed by atoms with E-state index in [0.717, 1.165) is 0 Å². The number of ether oxygens (including phenoxy) is 2. The third-order valence-corrected chi connectivity index (χ3v) is 5.83. The molecule has 0 spiro atoms. The number of carbonyl (C=O) groups excluding carboxylic acids is 3. The number of H-pyrrole nitrogens is 1. The maximum atomic E-state index is 13.2. The van der Waals surface area contributed by atoms with Crippen LogP contribution < -0.4 is 4.74 Å². The van der Waals surface area contributed by atoms with Gasteiger partial charge in [0.1, 0.15) is 17.2 Å². The molecule has 0 bridgehead atoms. The van der Waals surface area contributed by atoms with Gasteiger partial charge in [0.15, 0.2) is 0 Å². The number of amides is 1. The van der Waals surface area contributed by atoms with E-state index < -0.39 is 23.7 Å². The Morgan fingerprint density at radius 1 is 1.18 bits per heavy atom. The predicted octanol–water partition coefficient (Wildman–Crippen LogP) is 2.41. The Morgan fingerprint density at radius 2 is 1.85 bits per heavy atom. The van der Waals surface area contributed by atoms with Gasteiger partial charge < -0.3 is 29.4 Å². The number of Topliss-reactive ketones (excluding diaryl/α,β-unsaturated/α-hetero) is 1. The van der Waals surface area contributed by atoms with E-state index >= 15 is 0 Å².